The predicted molar refractivity (Wildman–Crippen MR) is 96.4 cm³/mol. The molecule has 7 heteroatoms. The molecule has 0 unspecified atom stereocenters. The monoisotopic (exact) mass is 341 g/mol. The van der Waals surface area contributed by atoms with Gasteiger partial charge >= 0.3 is 11.8 Å². The Morgan fingerprint density at radius 1 is 1.16 bits per heavy atom. The molecule has 0 saturated carbocycles. The second-order valence-corrected chi connectivity index (χ2v) is 5.51. The van der Waals surface area contributed by atoms with Crippen LogP contribution in [0.25, 0.3) is 11.1 Å². The fraction of sp³-hybridized carbons (Fsp3) is 0.222. The lowest BCUT2D eigenvalue weighted by atomic mass is 10.2. The number of hydrogen-bond donors (Lipinski definition) is 2. The summed E-state index contributed by atoms with van der Waals surface area (Å²) in [5.41, 5.74) is 2.30. The van der Waals surface area contributed by atoms with Gasteiger partial charge in [-0.1, -0.05) is 13.0 Å². The smallest absolute Gasteiger partial charge is 0.419 e. The predicted octanol–water partition coefficient (Wildman–Crippen LogP) is 3.66. The van der Waals surface area contributed by atoms with E-state index in [1.54, 1.807) is 54.1 Å². The fourth-order valence-electron chi connectivity index (χ4n) is 2.57. The first kappa shape index (κ1) is 16.6. The number of hydrogen-bond acceptors (Lipinski definition) is 4. The maximum absolute atomic E-state index is 12.1. The molecule has 0 fully saturated rings. The average Bonchev–Trinajstić information content (AvgIpc) is 2.90. The van der Waals surface area contributed by atoms with Crippen molar-refractivity contribution in [3.05, 3.63) is 53.0 Å². The number of ether oxygens (including phenoxy) is 1. The van der Waals surface area contributed by atoms with E-state index in [-0.39, 0.29) is 0 Å². The largest absolute Gasteiger partial charge is 0.497 e. The lowest BCUT2D eigenvalue weighted by Gasteiger charge is -2.09. The summed E-state index contributed by atoms with van der Waals surface area (Å²) in [7, 11) is 1.56. The number of fused-ring (bicyclic) bond motifs is 1. The molecule has 3 aromatic rings. The maximum atomic E-state index is 12.1. The number of anilines is 2. The van der Waals surface area contributed by atoms with Crippen LogP contribution in [0.5, 0.6) is 5.75 Å². The van der Waals surface area contributed by atoms with Crippen LogP contribution < -0.4 is 21.1 Å². The number of aromatic nitrogens is 1. The maximum Gasteiger partial charge on any atom is 0.419 e. The summed E-state index contributed by atoms with van der Waals surface area (Å²) in [6, 6.07) is 11.8. The summed E-state index contributed by atoms with van der Waals surface area (Å²) in [5.74, 6) is 0.257. The Morgan fingerprint density at radius 3 is 2.64 bits per heavy atom. The van der Waals surface area contributed by atoms with E-state index < -0.39 is 11.8 Å². The molecule has 0 bridgehead atoms. The second-order valence-electron chi connectivity index (χ2n) is 5.51. The Labute approximate surface area is 144 Å². The molecule has 0 radical (unpaired) electrons. The van der Waals surface area contributed by atoms with Gasteiger partial charge in [-0.05, 0) is 30.7 Å². The van der Waals surface area contributed by atoms with Crippen molar-refractivity contribution in [3.63, 3.8) is 0 Å². The molecule has 130 valence electrons. The quantitative estimate of drug-likeness (QED) is 0.741. The number of carbonyl (C=O) groups excluding carboxylic acids is 1. The van der Waals surface area contributed by atoms with Crippen molar-refractivity contribution in [2.45, 2.75) is 19.9 Å². The molecular formula is C18H19N3O4. The Hall–Kier alpha value is -3.22. The van der Waals surface area contributed by atoms with E-state index in [0.717, 1.165) is 6.42 Å². The molecular weight excluding hydrogens is 322 g/mol. The SMILES string of the molecule is CCCn1c(=O)oc2cc(NC(=O)Nc3cccc(OC)c3)ccc21. The van der Waals surface area contributed by atoms with Crippen molar-refractivity contribution in [1.82, 2.24) is 4.57 Å². The van der Waals surface area contributed by atoms with Gasteiger partial charge in [0.1, 0.15) is 5.75 Å². The fourth-order valence-corrected chi connectivity index (χ4v) is 2.57. The number of nitrogens with zero attached hydrogens (tertiary/aromatic N) is 1. The van der Waals surface area contributed by atoms with Crippen LogP contribution in [0.15, 0.2) is 51.7 Å². The highest BCUT2D eigenvalue weighted by Gasteiger charge is 2.10. The van der Waals surface area contributed by atoms with Gasteiger partial charge in [0.15, 0.2) is 5.58 Å². The van der Waals surface area contributed by atoms with E-state index in [0.29, 0.717) is 34.8 Å². The lowest BCUT2D eigenvalue weighted by Crippen LogP contribution is -2.19. The van der Waals surface area contributed by atoms with Gasteiger partial charge in [0, 0.05) is 30.1 Å². The van der Waals surface area contributed by atoms with Gasteiger partial charge in [-0.3, -0.25) is 4.57 Å². The molecule has 1 aromatic heterocycles. The first-order valence-corrected chi connectivity index (χ1v) is 7.96. The number of amides is 2. The lowest BCUT2D eigenvalue weighted by molar-refractivity contribution is 0.262. The Morgan fingerprint density at radius 2 is 1.92 bits per heavy atom. The third-order valence-corrected chi connectivity index (χ3v) is 3.70. The van der Waals surface area contributed by atoms with Crippen molar-refractivity contribution in [3.8, 4) is 5.75 Å². The molecule has 7 nitrogen and oxygen atoms in total. The first-order valence-electron chi connectivity index (χ1n) is 7.96. The normalized spacial score (nSPS) is 10.6. The third-order valence-electron chi connectivity index (χ3n) is 3.70. The van der Waals surface area contributed by atoms with Crippen LogP contribution >= 0.6 is 0 Å². The van der Waals surface area contributed by atoms with Gasteiger partial charge in [0.25, 0.3) is 0 Å². The van der Waals surface area contributed by atoms with Crippen molar-refractivity contribution in [1.29, 1.82) is 0 Å². The van der Waals surface area contributed by atoms with E-state index in [1.807, 2.05) is 6.92 Å². The minimum atomic E-state index is -0.400. The molecule has 0 aliphatic carbocycles. The first-order chi connectivity index (χ1) is 12.1. The number of aryl methyl sites for hydroxylation is 1. The Bertz CT molecular complexity index is 958. The molecule has 0 aliphatic rings. The zero-order valence-corrected chi connectivity index (χ0v) is 14.0. The van der Waals surface area contributed by atoms with Crippen LogP contribution in [0.2, 0.25) is 0 Å². The molecule has 1 heterocycles. The van der Waals surface area contributed by atoms with Gasteiger partial charge in [-0.2, -0.15) is 0 Å². The third kappa shape index (κ3) is 3.65. The molecule has 0 aliphatic heterocycles. The minimum absolute atomic E-state index is 0.394. The number of oxazole rings is 1. The van der Waals surface area contributed by atoms with E-state index in [9.17, 15) is 9.59 Å². The molecule has 0 spiro atoms. The van der Waals surface area contributed by atoms with Crippen LogP contribution in [0.4, 0.5) is 16.2 Å². The molecule has 3 rings (SSSR count). The van der Waals surface area contributed by atoms with Gasteiger partial charge < -0.3 is 19.8 Å². The molecule has 2 aromatic carbocycles. The average molecular weight is 341 g/mol. The molecule has 0 atom stereocenters. The Balaban J connectivity index is 1.76. The molecule has 2 amide bonds. The zero-order valence-electron chi connectivity index (χ0n) is 14.0. The van der Waals surface area contributed by atoms with Crippen LogP contribution in [0, 0.1) is 0 Å². The number of nitrogens with one attached hydrogen (secondary N) is 2. The number of rotatable bonds is 5. The summed E-state index contributed by atoms with van der Waals surface area (Å²) >= 11 is 0. The number of carbonyl (C=O) groups is 1. The van der Waals surface area contributed by atoms with Crippen molar-refractivity contribution >= 4 is 28.5 Å². The highest BCUT2D eigenvalue weighted by molar-refractivity contribution is 6.00. The van der Waals surface area contributed by atoms with Gasteiger partial charge in [0.2, 0.25) is 0 Å². The summed E-state index contributed by atoms with van der Waals surface area (Å²) in [5, 5.41) is 5.44. The minimum Gasteiger partial charge on any atom is -0.497 e. The molecule has 2 N–H and O–H groups in total. The van der Waals surface area contributed by atoms with Crippen LogP contribution in [-0.2, 0) is 6.54 Å². The van der Waals surface area contributed by atoms with Gasteiger partial charge in [0.05, 0.1) is 12.6 Å². The summed E-state index contributed by atoms with van der Waals surface area (Å²) in [6.45, 7) is 2.58. The van der Waals surface area contributed by atoms with Crippen molar-refractivity contribution < 1.29 is 13.9 Å². The highest BCUT2D eigenvalue weighted by Crippen LogP contribution is 2.20. The standard InChI is InChI=1S/C18H19N3O4/c1-3-9-21-15-8-7-13(11-16(15)25-18(21)23)20-17(22)19-12-5-4-6-14(10-12)24-2/h4-8,10-11H,3,9H2,1-2H3,(H2,19,20,22). The topological polar surface area (TPSA) is 85.5 Å². The molecule has 0 saturated heterocycles. The number of benzene rings is 2. The van der Waals surface area contributed by atoms with Crippen molar-refractivity contribution in [2.24, 2.45) is 0 Å². The van der Waals surface area contributed by atoms with Crippen molar-refractivity contribution in [2.75, 3.05) is 17.7 Å². The van der Waals surface area contributed by atoms with Crippen LogP contribution in [-0.4, -0.2) is 17.7 Å². The number of urea groups is 1. The highest BCUT2D eigenvalue weighted by atomic mass is 16.5. The summed E-state index contributed by atoms with van der Waals surface area (Å²) < 4.78 is 11.9. The van der Waals surface area contributed by atoms with Gasteiger partial charge in [-0.25, -0.2) is 9.59 Å². The van der Waals surface area contributed by atoms with Crippen LogP contribution in [0.1, 0.15) is 13.3 Å². The Kier molecular flexibility index (Phi) is 4.74. The molecule has 25 heavy (non-hydrogen) atoms. The van der Waals surface area contributed by atoms with E-state index in [2.05, 4.69) is 10.6 Å². The van der Waals surface area contributed by atoms with E-state index >= 15 is 0 Å². The number of methoxy groups -OCH3 is 1. The zero-order chi connectivity index (χ0) is 17.8. The van der Waals surface area contributed by atoms with Crippen LogP contribution in [0.3, 0.4) is 0 Å². The van der Waals surface area contributed by atoms with Gasteiger partial charge in [-0.15, -0.1) is 0 Å². The second kappa shape index (κ2) is 7.12. The summed E-state index contributed by atoms with van der Waals surface area (Å²) in [6.07, 6.45) is 0.831. The summed E-state index contributed by atoms with van der Waals surface area (Å²) in [4.78, 5) is 24.0. The van der Waals surface area contributed by atoms with E-state index in [1.165, 1.54) is 0 Å². The van der Waals surface area contributed by atoms with E-state index in [4.69, 9.17) is 9.15 Å².